The summed E-state index contributed by atoms with van der Waals surface area (Å²) in [6.45, 7) is 3.67. The van der Waals surface area contributed by atoms with Gasteiger partial charge in [-0.05, 0) is 42.8 Å². The van der Waals surface area contributed by atoms with Crippen molar-refractivity contribution in [1.82, 2.24) is 19.7 Å². The molecule has 0 aliphatic rings. The van der Waals surface area contributed by atoms with Gasteiger partial charge in [-0.2, -0.15) is 5.10 Å². The minimum absolute atomic E-state index is 0.0553. The molecule has 0 aliphatic carbocycles. The molecule has 0 aliphatic heterocycles. The van der Waals surface area contributed by atoms with Crippen molar-refractivity contribution in [3.05, 3.63) is 65.6 Å². The summed E-state index contributed by atoms with van der Waals surface area (Å²) in [7, 11) is 0. The van der Waals surface area contributed by atoms with E-state index in [0.29, 0.717) is 27.8 Å². The molecule has 0 fully saturated rings. The van der Waals surface area contributed by atoms with Gasteiger partial charge in [-0.1, -0.05) is 42.4 Å². The number of benzene rings is 2. The van der Waals surface area contributed by atoms with Gasteiger partial charge in [0.25, 0.3) is 0 Å². The number of nitrogens with one attached hydrogen (secondary N) is 2. The number of aromatic nitrogens is 4. The quantitative estimate of drug-likeness (QED) is 0.289. The Labute approximate surface area is 199 Å². The number of rotatable bonds is 7. The first kappa shape index (κ1) is 22.8. The van der Waals surface area contributed by atoms with Crippen LogP contribution >= 0.6 is 23.4 Å². The Morgan fingerprint density at radius 2 is 1.91 bits per heavy atom. The summed E-state index contributed by atoms with van der Waals surface area (Å²) in [4.78, 5) is 32.8. The molecule has 2 aromatic heterocycles. The first-order chi connectivity index (χ1) is 16.0. The fourth-order valence-electron chi connectivity index (χ4n) is 3.19. The van der Waals surface area contributed by atoms with Gasteiger partial charge in [0.05, 0.1) is 28.0 Å². The van der Waals surface area contributed by atoms with Gasteiger partial charge in [-0.3, -0.25) is 9.59 Å². The summed E-state index contributed by atoms with van der Waals surface area (Å²) in [6, 6.07) is 12.7. The average molecular weight is 481 g/mol. The number of para-hydroxylation sites is 1. The van der Waals surface area contributed by atoms with Crippen LogP contribution in [0.1, 0.15) is 18.9 Å². The number of nitrogens with zero attached hydrogens (tertiary/aromatic N) is 4. The minimum Gasteiger partial charge on any atom is -0.326 e. The van der Waals surface area contributed by atoms with Gasteiger partial charge in [0.1, 0.15) is 11.4 Å². The standard InChI is InChI=1S/C23H21ClN6O2S/c1-3-20(31)29-18-9-8-15(10-14(18)2)28-21(32)12-33-23-16-11-27-30(22(16)25-13-26-23)19-7-5-4-6-17(19)24/h4-11,13H,3,12H2,1-2H3,(H,28,32)(H,29,31). The molecule has 0 saturated carbocycles. The predicted molar refractivity (Wildman–Crippen MR) is 131 cm³/mol. The Bertz CT molecular complexity index is 1340. The molecule has 0 spiro atoms. The van der Waals surface area contributed by atoms with Crippen LogP contribution in [0.5, 0.6) is 0 Å². The number of anilines is 2. The van der Waals surface area contributed by atoms with E-state index in [1.54, 1.807) is 36.0 Å². The van der Waals surface area contributed by atoms with E-state index in [9.17, 15) is 9.59 Å². The van der Waals surface area contributed by atoms with Gasteiger partial charge in [-0.15, -0.1) is 0 Å². The monoisotopic (exact) mass is 480 g/mol. The fourth-order valence-corrected chi connectivity index (χ4v) is 4.17. The van der Waals surface area contributed by atoms with Crippen LogP contribution in [0.25, 0.3) is 16.7 Å². The molecule has 2 N–H and O–H groups in total. The van der Waals surface area contributed by atoms with Crippen molar-refractivity contribution in [2.24, 2.45) is 0 Å². The fraction of sp³-hybridized carbons (Fsp3) is 0.174. The Kier molecular flexibility index (Phi) is 6.90. The Balaban J connectivity index is 1.45. The first-order valence-corrected chi connectivity index (χ1v) is 11.6. The van der Waals surface area contributed by atoms with Gasteiger partial charge in [-0.25, -0.2) is 14.6 Å². The molecule has 8 nitrogen and oxygen atoms in total. The highest BCUT2D eigenvalue weighted by Gasteiger charge is 2.15. The lowest BCUT2D eigenvalue weighted by Gasteiger charge is -2.11. The molecule has 4 rings (SSSR count). The molecule has 0 bridgehead atoms. The van der Waals surface area contributed by atoms with Crippen LogP contribution in [0.4, 0.5) is 11.4 Å². The molecular formula is C23H21ClN6O2S. The van der Waals surface area contributed by atoms with Crippen LogP contribution in [-0.4, -0.2) is 37.3 Å². The molecule has 2 amide bonds. The van der Waals surface area contributed by atoms with Crippen molar-refractivity contribution in [3.8, 4) is 5.69 Å². The molecule has 0 radical (unpaired) electrons. The van der Waals surface area contributed by atoms with Gasteiger partial charge in [0, 0.05) is 17.8 Å². The highest BCUT2D eigenvalue weighted by Crippen LogP contribution is 2.28. The number of aryl methyl sites for hydroxylation is 1. The maximum atomic E-state index is 12.5. The summed E-state index contributed by atoms with van der Waals surface area (Å²) < 4.78 is 1.66. The molecule has 2 aromatic carbocycles. The number of carbonyl (C=O) groups is 2. The predicted octanol–water partition coefficient (Wildman–Crippen LogP) is 4.86. The second-order valence-corrected chi connectivity index (χ2v) is 8.56. The smallest absolute Gasteiger partial charge is 0.234 e. The normalized spacial score (nSPS) is 10.9. The second kappa shape index (κ2) is 10.0. The van der Waals surface area contributed by atoms with Crippen molar-refractivity contribution < 1.29 is 9.59 Å². The SMILES string of the molecule is CCC(=O)Nc1ccc(NC(=O)CSc2ncnc3c2cnn3-c2ccccc2Cl)cc1C. The van der Waals surface area contributed by atoms with Crippen LogP contribution in [0, 0.1) is 6.92 Å². The molecule has 0 atom stereocenters. The molecule has 168 valence electrons. The first-order valence-electron chi connectivity index (χ1n) is 10.2. The largest absolute Gasteiger partial charge is 0.326 e. The van der Waals surface area contributed by atoms with Gasteiger partial charge < -0.3 is 10.6 Å². The highest BCUT2D eigenvalue weighted by atomic mass is 35.5. The molecule has 0 unspecified atom stereocenters. The Morgan fingerprint density at radius 1 is 1.09 bits per heavy atom. The number of hydrogen-bond donors (Lipinski definition) is 2. The van der Waals surface area contributed by atoms with Crippen LogP contribution in [0.15, 0.2) is 60.0 Å². The molecule has 33 heavy (non-hydrogen) atoms. The zero-order chi connectivity index (χ0) is 23.4. The van der Waals surface area contributed by atoms with Crippen molar-refractivity contribution >= 4 is 57.6 Å². The molecule has 2 heterocycles. The van der Waals surface area contributed by atoms with Crippen molar-refractivity contribution in [2.45, 2.75) is 25.3 Å². The van der Waals surface area contributed by atoms with Gasteiger partial charge >= 0.3 is 0 Å². The number of halogens is 1. The lowest BCUT2D eigenvalue weighted by molar-refractivity contribution is -0.116. The Morgan fingerprint density at radius 3 is 2.67 bits per heavy atom. The van der Waals surface area contributed by atoms with Crippen molar-refractivity contribution in [2.75, 3.05) is 16.4 Å². The molecular weight excluding hydrogens is 460 g/mol. The average Bonchev–Trinajstić information content (AvgIpc) is 3.24. The Hall–Kier alpha value is -3.43. The van der Waals surface area contributed by atoms with E-state index in [0.717, 1.165) is 22.3 Å². The molecule has 10 heteroatoms. The summed E-state index contributed by atoms with van der Waals surface area (Å²) >= 11 is 7.61. The van der Waals surface area contributed by atoms with E-state index in [1.807, 2.05) is 31.2 Å². The number of fused-ring (bicyclic) bond motifs is 1. The van der Waals surface area contributed by atoms with Gasteiger partial charge in [0.15, 0.2) is 5.65 Å². The van der Waals surface area contributed by atoms with Crippen LogP contribution in [0.3, 0.4) is 0 Å². The number of thioether (sulfide) groups is 1. The van der Waals surface area contributed by atoms with E-state index in [1.165, 1.54) is 18.1 Å². The van der Waals surface area contributed by atoms with E-state index in [-0.39, 0.29) is 17.6 Å². The van der Waals surface area contributed by atoms with E-state index in [2.05, 4.69) is 25.7 Å². The zero-order valence-electron chi connectivity index (χ0n) is 18.0. The third kappa shape index (κ3) is 5.15. The zero-order valence-corrected chi connectivity index (χ0v) is 19.6. The number of hydrogen-bond acceptors (Lipinski definition) is 6. The van der Waals surface area contributed by atoms with E-state index in [4.69, 9.17) is 11.6 Å². The summed E-state index contributed by atoms with van der Waals surface area (Å²) in [5.74, 6) is -0.0631. The lowest BCUT2D eigenvalue weighted by Crippen LogP contribution is -2.15. The maximum Gasteiger partial charge on any atom is 0.234 e. The lowest BCUT2D eigenvalue weighted by atomic mass is 10.1. The minimum atomic E-state index is -0.171. The third-order valence-corrected chi connectivity index (χ3v) is 6.18. The van der Waals surface area contributed by atoms with Crippen molar-refractivity contribution in [3.63, 3.8) is 0 Å². The molecule has 4 aromatic rings. The highest BCUT2D eigenvalue weighted by molar-refractivity contribution is 8.00. The maximum absolute atomic E-state index is 12.5. The van der Waals surface area contributed by atoms with Crippen molar-refractivity contribution in [1.29, 1.82) is 0 Å². The summed E-state index contributed by atoms with van der Waals surface area (Å²) in [6.07, 6.45) is 3.53. The summed E-state index contributed by atoms with van der Waals surface area (Å²) in [5, 5.41) is 12.1. The number of amides is 2. The van der Waals surface area contributed by atoms with Crippen LogP contribution in [0.2, 0.25) is 5.02 Å². The number of carbonyl (C=O) groups excluding carboxylic acids is 2. The van der Waals surface area contributed by atoms with E-state index < -0.39 is 0 Å². The topological polar surface area (TPSA) is 102 Å². The van der Waals surface area contributed by atoms with E-state index >= 15 is 0 Å². The van der Waals surface area contributed by atoms with Crippen LogP contribution in [-0.2, 0) is 9.59 Å². The van der Waals surface area contributed by atoms with Crippen LogP contribution < -0.4 is 10.6 Å². The molecule has 0 saturated heterocycles. The third-order valence-electron chi connectivity index (χ3n) is 4.86. The second-order valence-electron chi connectivity index (χ2n) is 7.19. The summed E-state index contributed by atoms with van der Waals surface area (Å²) in [5.41, 5.74) is 3.59. The van der Waals surface area contributed by atoms with Gasteiger partial charge in [0.2, 0.25) is 11.8 Å².